The number of rotatable bonds is 4. The molecule has 2 fully saturated rings. The fourth-order valence-corrected chi connectivity index (χ4v) is 5.57. The number of amides is 1. The van der Waals surface area contributed by atoms with Crippen molar-refractivity contribution in [2.24, 2.45) is 0 Å². The number of benzene rings is 1. The quantitative estimate of drug-likeness (QED) is 0.829. The van der Waals surface area contributed by atoms with Crippen molar-refractivity contribution >= 4 is 27.5 Å². The van der Waals surface area contributed by atoms with Crippen molar-refractivity contribution in [3.63, 3.8) is 0 Å². The molecule has 1 amide bonds. The molecule has 1 saturated carbocycles. The number of para-hydroxylation sites is 1. The highest BCUT2D eigenvalue weighted by Crippen LogP contribution is 2.32. The number of carbonyl (C=O) groups is 1. The highest BCUT2D eigenvalue weighted by Gasteiger charge is 2.27. The van der Waals surface area contributed by atoms with Crippen LogP contribution in [0, 0.1) is 0 Å². The monoisotopic (exact) mass is 385 g/mol. The van der Waals surface area contributed by atoms with Gasteiger partial charge in [-0.1, -0.05) is 44.2 Å². The molecule has 27 heavy (non-hydrogen) atoms. The van der Waals surface area contributed by atoms with Crippen LogP contribution < -0.4 is 5.32 Å². The summed E-state index contributed by atoms with van der Waals surface area (Å²) in [5.74, 6) is 0.657. The Hall–Kier alpha value is -1.46. The molecule has 146 valence electrons. The van der Waals surface area contributed by atoms with Gasteiger partial charge in [-0.2, -0.15) is 0 Å². The number of piperidine rings is 1. The smallest absolute Gasteiger partial charge is 0.236 e. The number of hydrogen-bond donors (Lipinski definition) is 1. The van der Waals surface area contributed by atoms with Crippen LogP contribution in [0.15, 0.2) is 24.3 Å². The number of nitrogens with one attached hydrogen (secondary N) is 1. The second kappa shape index (κ2) is 9.16. The van der Waals surface area contributed by atoms with Gasteiger partial charge in [0.1, 0.15) is 0 Å². The minimum Gasteiger partial charge on any atom is -0.341 e. The van der Waals surface area contributed by atoms with Crippen molar-refractivity contribution < 1.29 is 4.79 Å². The highest BCUT2D eigenvalue weighted by molar-refractivity contribution is 7.18. The van der Waals surface area contributed by atoms with E-state index in [1.54, 1.807) is 11.3 Å². The topological polar surface area (TPSA) is 45.2 Å². The Kier molecular flexibility index (Phi) is 6.40. The van der Waals surface area contributed by atoms with E-state index in [0.717, 1.165) is 31.4 Å². The minimum absolute atomic E-state index is 0.267. The zero-order valence-electron chi connectivity index (χ0n) is 16.2. The first-order chi connectivity index (χ1) is 13.3. The predicted molar refractivity (Wildman–Crippen MR) is 112 cm³/mol. The number of fused-ring (bicyclic) bond motifs is 1. The van der Waals surface area contributed by atoms with Crippen LogP contribution in [-0.4, -0.2) is 41.5 Å². The number of nitrogens with zero attached hydrogens (tertiary/aromatic N) is 2. The molecule has 2 heterocycles. The largest absolute Gasteiger partial charge is 0.341 e. The van der Waals surface area contributed by atoms with E-state index in [4.69, 9.17) is 4.98 Å². The Balaban J connectivity index is 1.32. The van der Waals surface area contributed by atoms with Gasteiger partial charge in [-0.15, -0.1) is 11.3 Å². The summed E-state index contributed by atoms with van der Waals surface area (Å²) < 4.78 is 1.25. The molecular weight excluding hydrogens is 354 g/mol. The molecule has 5 heteroatoms. The van der Waals surface area contributed by atoms with Gasteiger partial charge in [-0.25, -0.2) is 4.98 Å². The molecular formula is C22H31N3OS. The minimum atomic E-state index is 0.267. The van der Waals surface area contributed by atoms with Gasteiger partial charge in [0, 0.05) is 25.0 Å². The van der Waals surface area contributed by atoms with E-state index in [-0.39, 0.29) is 5.91 Å². The lowest BCUT2D eigenvalue weighted by Gasteiger charge is -2.32. The summed E-state index contributed by atoms with van der Waals surface area (Å²) in [6.45, 7) is 2.22. The van der Waals surface area contributed by atoms with E-state index in [2.05, 4.69) is 28.4 Å². The number of likely N-dealkylation sites (tertiary alicyclic amines) is 1. The van der Waals surface area contributed by atoms with Crippen LogP contribution in [0.3, 0.4) is 0 Å². The van der Waals surface area contributed by atoms with Crippen LogP contribution >= 0.6 is 11.3 Å². The van der Waals surface area contributed by atoms with E-state index < -0.39 is 0 Å². The van der Waals surface area contributed by atoms with Crippen LogP contribution in [0.1, 0.15) is 68.7 Å². The SMILES string of the molecule is O=C(CNC1CCCCCCC1)N1CCC[C@H](c2nc3ccccc3s2)C1. The maximum absolute atomic E-state index is 12.8. The first kappa shape index (κ1) is 18.9. The molecule has 1 aromatic heterocycles. The van der Waals surface area contributed by atoms with E-state index in [1.807, 2.05) is 6.07 Å². The van der Waals surface area contributed by atoms with E-state index in [0.29, 0.717) is 18.5 Å². The standard InChI is InChI=1S/C22H31N3OS/c26-21(15-23-18-10-4-2-1-3-5-11-18)25-14-8-9-17(16-25)22-24-19-12-6-7-13-20(19)27-22/h6-7,12-13,17-18,23H,1-5,8-11,14-16H2/t17-/m0/s1. The van der Waals surface area contributed by atoms with Crippen molar-refractivity contribution in [2.45, 2.75) is 69.7 Å². The maximum Gasteiger partial charge on any atom is 0.236 e. The third-order valence-electron chi connectivity index (χ3n) is 6.08. The van der Waals surface area contributed by atoms with Crippen molar-refractivity contribution in [1.82, 2.24) is 15.2 Å². The van der Waals surface area contributed by atoms with Gasteiger partial charge in [0.15, 0.2) is 0 Å². The van der Waals surface area contributed by atoms with Crippen LogP contribution in [0.25, 0.3) is 10.2 Å². The summed E-state index contributed by atoms with van der Waals surface area (Å²) in [4.78, 5) is 19.7. The van der Waals surface area contributed by atoms with Gasteiger partial charge in [-0.05, 0) is 37.8 Å². The predicted octanol–water partition coefficient (Wildman–Crippen LogP) is 4.70. The average molecular weight is 386 g/mol. The molecule has 1 saturated heterocycles. The van der Waals surface area contributed by atoms with Crippen LogP contribution in [-0.2, 0) is 4.79 Å². The molecule has 1 aromatic carbocycles. The van der Waals surface area contributed by atoms with Gasteiger partial charge in [-0.3, -0.25) is 4.79 Å². The Morgan fingerprint density at radius 1 is 1.07 bits per heavy atom. The molecule has 0 bridgehead atoms. The molecule has 0 unspecified atom stereocenters. The van der Waals surface area contributed by atoms with Crippen molar-refractivity contribution in [3.05, 3.63) is 29.3 Å². The molecule has 0 spiro atoms. The third-order valence-corrected chi connectivity index (χ3v) is 7.28. The summed E-state index contributed by atoms with van der Waals surface area (Å²) in [6, 6.07) is 8.87. The highest BCUT2D eigenvalue weighted by atomic mass is 32.1. The van der Waals surface area contributed by atoms with Gasteiger partial charge >= 0.3 is 0 Å². The van der Waals surface area contributed by atoms with Crippen molar-refractivity contribution in [3.8, 4) is 0 Å². The normalized spacial score (nSPS) is 22.5. The second-order valence-electron chi connectivity index (χ2n) is 8.12. The maximum atomic E-state index is 12.8. The molecule has 2 aromatic rings. The third kappa shape index (κ3) is 4.88. The molecule has 1 N–H and O–H groups in total. The van der Waals surface area contributed by atoms with Crippen LogP contribution in [0.5, 0.6) is 0 Å². The lowest BCUT2D eigenvalue weighted by Crippen LogP contribution is -2.45. The summed E-state index contributed by atoms with van der Waals surface area (Å²) in [5.41, 5.74) is 1.09. The summed E-state index contributed by atoms with van der Waals surface area (Å²) >= 11 is 1.79. The van der Waals surface area contributed by atoms with E-state index in [9.17, 15) is 4.79 Å². The Bertz CT molecular complexity index is 718. The number of carbonyl (C=O) groups excluding carboxylic acids is 1. The van der Waals surface area contributed by atoms with Crippen molar-refractivity contribution in [1.29, 1.82) is 0 Å². The first-order valence-corrected chi connectivity index (χ1v) is 11.5. The van der Waals surface area contributed by atoms with E-state index in [1.165, 1.54) is 54.7 Å². The van der Waals surface area contributed by atoms with Gasteiger partial charge < -0.3 is 10.2 Å². The van der Waals surface area contributed by atoms with Crippen molar-refractivity contribution in [2.75, 3.05) is 19.6 Å². The van der Waals surface area contributed by atoms with Crippen LogP contribution in [0.2, 0.25) is 0 Å². The fraction of sp³-hybridized carbons (Fsp3) is 0.636. The Morgan fingerprint density at radius 3 is 2.67 bits per heavy atom. The van der Waals surface area contributed by atoms with Gasteiger partial charge in [0.05, 0.1) is 21.8 Å². The van der Waals surface area contributed by atoms with Crippen LogP contribution in [0.4, 0.5) is 0 Å². The number of thiazole rings is 1. The Morgan fingerprint density at radius 2 is 1.85 bits per heavy atom. The lowest BCUT2D eigenvalue weighted by molar-refractivity contribution is -0.131. The van der Waals surface area contributed by atoms with Gasteiger partial charge in [0.25, 0.3) is 0 Å². The van der Waals surface area contributed by atoms with E-state index >= 15 is 0 Å². The summed E-state index contributed by atoms with van der Waals surface area (Å²) in [5, 5.41) is 4.75. The summed E-state index contributed by atoms with van der Waals surface area (Å²) in [6.07, 6.45) is 11.3. The first-order valence-electron chi connectivity index (χ1n) is 10.7. The number of hydrogen-bond acceptors (Lipinski definition) is 4. The molecule has 0 radical (unpaired) electrons. The molecule has 4 rings (SSSR count). The zero-order chi connectivity index (χ0) is 18.5. The molecule has 4 nitrogen and oxygen atoms in total. The zero-order valence-corrected chi connectivity index (χ0v) is 17.0. The second-order valence-corrected chi connectivity index (χ2v) is 9.18. The number of aromatic nitrogens is 1. The molecule has 2 aliphatic rings. The average Bonchev–Trinajstić information content (AvgIpc) is 3.11. The fourth-order valence-electron chi connectivity index (χ4n) is 4.47. The molecule has 1 atom stereocenters. The molecule has 1 aliphatic carbocycles. The lowest BCUT2D eigenvalue weighted by atomic mass is 9.96. The molecule has 1 aliphatic heterocycles. The summed E-state index contributed by atoms with van der Waals surface area (Å²) in [7, 11) is 0. The van der Waals surface area contributed by atoms with Gasteiger partial charge in [0.2, 0.25) is 5.91 Å². The Labute approximate surface area is 166 Å².